The third-order valence-electron chi connectivity index (χ3n) is 1.70. The summed E-state index contributed by atoms with van der Waals surface area (Å²) in [6.07, 6.45) is 1.44. The van der Waals surface area contributed by atoms with Gasteiger partial charge in [0.2, 0.25) is 5.82 Å². The highest BCUT2D eigenvalue weighted by atomic mass is 15.0. The molecule has 2 radical (unpaired) electrons. The molecule has 0 spiro atoms. The van der Waals surface area contributed by atoms with Gasteiger partial charge in [0, 0.05) is 12.7 Å². The molecule has 76 valence electrons. The molecule has 0 aliphatic heterocycles. The fourth-order valence-corrected chi connectivity index (χ4v) is 0.935. The topological polar surface area (TPSA) is 61.6 Å². The van der Waals surface area contributed by atoms with Crippen molar-refractivity contribution in [1.82, 2.24) is 9.97 Å². The zero-order chi connectivity index (χ0) is 11.5. The molecular weight excluding hydrogens is 187 g/mol. The van der Waals surface area contributed by atoms with Crippen molar-refractivity contribution in [2.45, 2.75) is 20.8 Å². The van der Waals surface area contributed by atoms with Crippen molar-refractivity contribution < 1.29 is 0 Å². The molecular formula is C10H13BN4. The Morgan fingerprint density at radius 1 is 1.53 bits per heavy atom. The Bertz CT molecular complexity index is 389. The molecule has 0 bridgehead atoms. The zero-order valence-electron chi connectivity index (χ0n) is 9.20. The standard InChI is InChI=1S/C10H13BN4/c1-10(2,3)6-14-9-7(11)5-13-8(4-12)15-9/h5H,6H2,1-3H3,(H,13,14,15). The lowest BCUT2D eigenvalue weighted by Crippen LogP contribution is -2.24. The Balaban J connectivity index is 2.81. The van der Waals surface area contributed by atoms with Crippen LogP contribution in [0.5, 0.6) is 0 Å². The van der Waals surface area contributed by atoms with Crippen LogP contribution in [0.2, 0.25) is 0 Å². The van der Waals surface area contributed by atoms with E-state index in [4.69, 9.17) is 13.1 Å². The van der Waals surface area contributed by atoms with Gasteiger partial charge in [0.25, 0.3) is 0 Å². The van der Waals surface area contributed by atoms with Gasteiger partial charge in [-0.25, -0.2) is 9.97 Å². The molecule has 0 unspecified atom stereocenters. The molecule has 15 heavy (non-hydrogen) atoms. The molecule has 0 saturated heterocycles. The normalized spacial score (nSPS) is 10.8. The van der Waals surface area contributed by atoms with E-state index in [0.29, 0.717) is 11.3 Å². The average molecular weight is 200 g/mol. The summed E-state index contributed by atoms with van der Waals surface area (Å²) >= 11 is 0. The predicted octanol–water partition coefficient (Wildman–Crippen LogP) is 0.600. The number of nitriles is 1. The van der Waals surface area contributed by atoms with Crippen LogP contribution in [0.15, 0.2) is 6.20 Å². The van der Waals surface area contributed by atoms with Gasteiger partial charge < -0.3 is 5.32 Å². The second-order valence-electron chi connectivity index (χ2n) is 4.52. The summed E-state index contributed by atoms with van der Waals surface area (Å²) in [6, 6.07) is 1.87. The minimum atomic E-state index is 0.126. The van der Waals surface area contributed by atoms with Crippen LogP contribution in [-0.2, 0) is 0 Å². The van der Waals surface area contributed by atoms with Crippen LogP contribution >= 0.6 is 0 Å². The van der Waals surface area contributed by atoms with Gasteiger partial charge in [0.15, 0.2) is 0 Å². The Morgan fingerprint density at radius 2 is 2.20 bits per heavy atom. The van der Waals surface area contributed by atoms with E-state index in [2.05, 4.69) is 36.1 Å². The molecule has 1 rings (SSSR count). The third-order valence-corrected chi connectivity index (χ3v) is 1.70. The van der Waals surface area contributed by atoms with E-state index in [0.717, 1.165) is 6.54 Å². The van der Waals surface area contributed by atoms with E-state index in [1.807, 2.05) is 6.07 Å². The van der Waals surface area contributed by atoms with Crippen molar-refractivity contribution >= 4 is 19.1 Å². The predicted molar refractivity (Wildman–Crippen MR) is 60.1 cm³/mol. The van der Waals surface area contributed by atoms with E-state index >= 15 is 0 Å². The molecule has 1 N–H and O–H groups in total. The summed E-state index contributed by atoms with van der Waals surface area (Å²) in [5, 5.41) is 11.7. The molecule has 0 fully saturated rings. The first-order valence-corrected chi connectivity index (χ1v) is 4.69. The lowest BCUT2D eigenvalue weighted by atomic mass is 9.95. The second-order valence-corrected chi connectivity index (χ2v) is 4.52. The molecule has 4 nitrogen and oxygen atoms in total. The Labute approximate surface area is 91.2 Å². The van der Waals surface area contributed by atoms with Crippen molar-refractivity contribution in [3.63, 3.8) is 0 Å². The Hall–Kier alpha value is -1.57. The van der Waals surface area contributed by atoms with Gasteiger partial charge in [-0.05, 0) is 10.9 Å². The SMILES string of the molecule is [B]c1cnc(C#N)nc1NCC(C)(C)C. The Kier molecular flexibility index (Phi) is 3.30. The number of nitrogens with one attached hydrogen (secondary N) is 1. The minimum absolute atomic E-state index is 0.126. The van der Waals surface area contributed by atoms with Crippen molar-refractivity contribution in [3.05, 3.63) is 12.0 Å². The van der Waals surface area contributed by atoms with Crippen LogP contribution in [0.25, 0.3) is 0 Å². The van der Waals surface area contributed by atoms with Crippen LogP contribution in [-0.4, -0.2) is 24.4 Å². The smallest absolute Gasteiger partial charge is 0.234 e. The van der Waals surface area contributed by atoms with Crippen LogP contribution < -0.4 is 10.8 Å². The molecule has 0 atom stereocenters. The fourth-order valence-electron chi connectivity index (χ4n) is 0.935. The maximum atomic E-state index is 8.64. The monoisotopic (exact) mass is 200 g/mol. The molecule has 0 aliphatic rings. The van der Waals surface area contributed by atoms with E-state index in [1.165, 1.54) is 6.20 Å². The summed E-state index contributed by atoms with van der Waals surface area (Å²) in [4.78, 5) is 7.75. The molecule has 5 heteroatoms. The van der Waals surface area contributed by atoms with Gasteiger partial charge in [-0.3, -0.25) is 0 Å². The van der Waals surface area contributed by atoms with Crippen LogP contribution in [0.1, 0.15) is 26.6 Å². The van der Waals surface area contributed by atoms with Crippen molar-refractivity contribution in [3.8, 4) is 6.07 Å². The van der Waals surface area contributed by atoms with Gasteiger partial charge in [-0.1, -0.05) is 20.8 Å². The Morgan fingerprint density at radius 3 is 2.73 bits per heavy atom. The summed E-state index contributed by atoms with van der Waals surface area (Å²) < 4.78 is 0. The van der Waals surface area contributed by atoms with Crippen molar-refractivity contribution in [2.75, 3.05) is 11.9 Å². The largest absolute Gasteiger partial charge is 0.370 e. The molecule has 0 aromatic carbocycles. The second kappa shape index (κ2) is 4.30. The highest BCUT2D eigenvalue weighted by molar-refractivity contribution is 6.35. The third kappa shape index (κ3) is 3.58. The highest BCUT2D eigenvalue weighted by Gasteiger charge is 2.11. The maximum Gasteiger partial charge on any atom is 0.234 e. The molecule has 1 aromatic rings. The summed E-state index contributed by atoms with van der Waals surface area (Å²) in [7, 11) is 5.68. The number of hydrogen-bond donors (Lipinski definition) is 1. The summed E-state index contributed by atoms with van der Waals surface area (Å²) in [6.45, 7) is 7.03. The van der Waals surface area contributed by atoms with Gasteiger partial charge in [-0.15, -0.1) is 0 Å². The molecule has 1 heterocycles. The van der Waals surface area contributed by atoms with E-state index in [-0.39, 0.29) is 11.2 Å². The van der Waals surface area contributed by atoms with Gasteiger partial charge in [0.1, 0.15) is 19.7 Å². The summed E-state index contributed by atoms with van der Waals surface area (Å²) in [5.74, 6) is 0.650. The number of anilines is 1. The van der Waals surface area contributed by atoms with Crippen molar-refractivity contribution in [2.24, 2.45) is 5.41 Å². The quantitative estimate of drug-likeness (QED) is 0.710. The van der Waals surface area contributed by atoms with E-state index < -0.39 is 0 Å². The van der Waals surface area contributed by atoms with Gasteiger partial charge in [0.05, 0.1) is 0 Å². The lowest BCUT2D eigenvalue weighted by Gasteiger charge is -2.19. The van der Waals surface area contributed by atoms with Gasteiger partial charge >= 0.3 is 0 Å². The fraction of sp³-hybridized carbons (Fsp3) is 0.500. The molecule has 0 aliphatic carbocycles. The lowest BCUT2D eigenvalue weighted by molar-refractivity contribution is 0.442. The highest BCUT2D eigenvalue weighted by Crippen LogP contribution is 2.12. The number of hydrogen-bond acceptors (Lipinski definition) is 4. The maximum absolute atomic E-state index is 8.64. The summed E-state index contributed by atoms with van der Waals surface area (Å²) in [5.41, 5.74) is 0.586. The number of aromatic nitrogens is 2. The number of nitrogens with zero attached hydrogens (tertiary/aromatic N) is 3. The van der Waals surface area contributed by atoms with E-state index in [9.17, 15) is 0 Å². The first kappa shape index (κ1) is 11.5. The first-order valence-electron chi connectivity index (χ1n) is 4.69. The van der Waals surface area contributed by atoms with Crippen molar-refractivity contribution in [1.29, 1.82) is 5.26 Å². The zero-order valence-corrected chi connectivity index (χ0v) is 9.20. The minimum Gasteiger partial charge on any atom is -0.370 e. The van der Waals surface area contributed by atoms with Crippen LogP contribution in [0.4, 0.5) is 5.82 Å². The van der Waals surface area contributed by atoms with E-state index in [1.54, 1.807) is 0 Å². The molecule has 0 amide bonds. The average Bonchev–Trinajstić information content (AvgIpc) is 2.15. The number of rotatable bonds is 2. The van der Waals surface area contributed by atoms with Gasteiger partial charge in [-0.2, -0.15) is 5.26 Å². The van der Waals surface area contributed by atoms with Crippen LogP contribution in [0.3, 0.4) is 0 Å². The molecule has 0 saturated carbocycles. The first-order chi connectivity index (χ1) is 6.92. The molecule has 1 aromatic heterocycles. The van der Waals surface area contributed by atoms with Crippen LogP contribution in [0, 0.1) is 16.7 Å².